The monoisotopic (exact) mass is 246 g/mol. The second-order valence-electron chi connectivity index (χ2n) is 3.46. The summed E-state index contributed by atoms with van der Waals surface area (Å²) in [6, 6.07) is 3.69. The first-order valence-electron chi connectivity index (χ1n) is 4.87. The van der Waals surface area contributed by atoms with Crippen LogP contribution in [0.5, 0.6) is 0 Å². The lowest BCUT2D eigenvalue weighted by atomic mass is 10.1. The average molecular weight is 247 g/mol. The summed E-state index contributed by atoms with van der Waals surface area (Å²) in [5.74, 6) is -0.558. The van der Waals surface area contributed by atoms with Crippen LogP contribution < -0.4 is 11.1 Å². The largest absolute Gasteiger partial charge is 0.324 e. The fraction of sp³-hybridized carbons (Fsp3) is 0.364. The fourth-order valence-corrected chi connectivity index (χ4v) is 1.18. The van der Waals surface area contributed by atoms with Crippen molar-refractivity contribution in [3.63, 3.8) is 0 Å². The molecular weight excluding hydrogens is 231 g/mol. The van der Waals surface area contributed by atoms with Gasteiger partial charge in [0.05, 0.1) is 6.04 Å². The minimum absolute atomic E-state index is 0. The molecule has 0 aliphatic heterocycles. The molecule has 0 bridgehead atoms. The normalized spacial score (nSPS) is 11.5. The molecule has 90 valence electrons. The van der Waals surface area contributed by atoms with Crippen molar-refractivity contribution in [2.75, 3.05) is 5.32 Å². The quantitative estimate of drug-likeness (QED) is 0.859. The highest BCUT2D eigenvalue weighted by Crippen LogP contribution is 2.15. The van der Waals surface area contributed by atoms with Crippen molar-refractivity contribution >= 4 is 24.0 Å². The van der Waals surface area contributed by atoms with Gasteiger partial charge in [0.2, 0.25) is 5.91 Å². The SMILES string of the molecule is CC[C@H](N)C(=O)Nc1ccc(F)cc1C.Cl. The Morgan fingerprint density at radius 2 is 2.19 bits per heavy atom. The van der Waals surface area contributed by atoms with Gasteiger partial charge in [-0.1, -0.05) is 6.92 Å². The van der Waals surface area contributed by atoms with Crippen LogP contribution in [0.25, 0.3) is 0 Å². The van der Waals surface area contributed by atoms with Crippen molar-refractivity contribution in [2.45, 2.75) is 26.3 Å². The summed E-state index contributed by atoms with van der Waals surface area (Å²) >= 11 is 0. The van der Waals surface area contributed by atoms with Crippen LogP contribution in [0, 0.1) is 12.7 Å². The average Bonchev–Trinajstić information content (AvgIpc) is 2.20. The van der Waals surface area contributed by atoms with Gasteiger partial charge in [-0.15, -0.1) is 12.4 Å². The van der Waals surface area contributed by atoms with Crippen molar-refractivity contribution < 1.29 is 9.18 Å². The topological polar surface area (TPSA) is 55.1 Å². The molecule has 0 aromatic heterocycles. The van der Waals surface area contributed by atoms with Crippen LogP contribution in [0.4, 0.5) is 10.1 Å². The number of hydrogen-bond acceptors (Lipinski definition) is 2. The highest BCUT2D eigenvalue weighted by atomic mass is 35.5. The van der Waals surface area contributed by atoms with Crippen molar-refractivity contribution in [2.24, 2.45) is 5.73 Å². The molecule has 0 aliphatic carbocycles. The lowest BCUT2D eigenvalue weighted by Crippen LogP contribution is -2.35. The Hall–Kier alpha value is -1.13. The third-order valence-electron chi connectivity index (χ3n) is 2.22. The van der Waals surface area contributed by atoms with Gasteiger partial charge < -0.3 is 11.1 Å². The summed E-state index contributed by atoms with van der Waals surface area (Å²) in [5.41, 5.74) is 6.85. The molecule has 0 heterocycles. The molecular formula is C11H16ClFN2O. The Balaban J connectivity index is 0.00000225. The maximum atomic E-state index is 12.8. The van der Waals surface area contributed by atoms with Crippen LogP contribution in [0.2, 0.25) is 0 Å². The van der Waals surface area contributed by atoms with E-state index in [1.54, 1.807) is 6.92 Å². The van der Waals surface area contributed by atoms with Crippen LogP contribution in [-0.2, 0) is 4.79 Å². The second-order valence-corrected chi connectivity index (χ2v) is 3.46. The summed E-state index contributed by atoms with van der Waals surface area (Å²) < 4.78 is 12.8. The molecule has 0 saturated carbocycles. The van der Waals surface area contributed by atoms with Gasteiger partial charge in [0.1, 0.15) is 5.82 Å². The number of carbonyl (C=O) groups is 1. The highest BCUT2D eigenvalue weighted by Gasteiger charge is 2.11. The van der Waals surface area contributed by atoms with Gasteiger partial charge >= 0.3 is 0 Å². The first kappa shape index (κ1) is 14.9. The molecule has 1 atom stereocenters. The van der Waals surface area contributed by atoms with Crippen LogP contribution in [0.3, 0.4) is 0 Å². The number of benzene rings is 1. The lowest BCUT2D eigenvalue weighted by Gasteiger charge is -2.11. The Bertz CT molecular complexity index is 371. The van der Waals surface area contributed by atoms with E-state index in [0.717, 1.165) is 0 Å². The fourth-order valence-electron chi connectivity index (χ4n) is 1.18. The smallest absolute Gasteiger partial charge is 0.241 e. The molecule has 1 aromatic carbocycles. The van der Waals surface area contributed by atoms with Crippen LogP contribution in [0.1, 0.15) is 18.9 Å². The zero-order valence-corrected chi connectivity index (χ0v) is 10.1. The number of hydrogen-bond donors (Lipinski definition) is 2. The van der Waals surface area contributed by atoms with E-state index >= 15 is 0 Å². The molecule has 0 saturated heterocycles. The van der Waals surface area contributed by atoms with Gasteiger partial charge in [-0.3, -0.25) is 4.79 Å². The number of amides is 1. The van der Waals surface area contributed by atoms with E-state index in [4.69, 9.17) is 5.73 Å². The van der Waals surface area contributed by atoms with Crippen molar-refractivity contribution in [3.8, 4) is 0 Å². The van der Waals surface area contributed by atoms with Gasteiger partial charge in [-0.25, -0.2) is 4.39 Å². The summed E-state index contributed by atoms with van der Waals surface area (Å²) in [4.78, 5) is 11.5. The number of nitrogens with one attached hydrogen (secondary N) is 1. The second kappa shape index (κ2) is 6.45. The Morgan fingerprint density at radius 1 is 1.56 bits per heavy atom. The lowest BCUT2D eigenvalue weighted by molar-refractivity contribution is -0.117. The molecule has 3 N–H and O–H groups in total. The highest BCUT2D eigenvalue weighted by molar-refractivity contribution is 5.95. The van der Waals surface area contributed by atoms with Gasteiger partial charge in [0, 0.05) is 5.69 Å². The predicted molar refractivity (Wildman–Crippen MR) is 65.3 cm³/mol. The van der Waals surface area contributed by atoms with Crippen LogP contribution in [-0.4, -0.2) is 11.9 Å². The molecule has 1 amide bonds. The van der Waals surface area contributed by atoms with E-state index in [1.807, 2.05) is 6.92 Å². The standard InChI is InChI=1S/C11H15FN2O.ClH/c1-3-9(13)11(15)14-10-5-4-8(12)6-7(10)2;/h4-6,9H,3,13H2,1-2H3,(H,14,15);1H/t9-;/m0./s1. The van der Waals surface area contributed by atoms with Gasteiger partial charge in [0.25, 0.3) is 0 Å². The molecule has 0 aliphatic rings. The molecule has 0 spiro atoms. The van der Waals surface area contributed by atoms with Gasteiger partial charge in [-0.05, 0) is 37.1 Å². The summed E-state index contributed by atoms with van der Waals surface area (Å²) in [7, 11) is 0. The maximum Gasteiger partial charge on any atom is 0.241 e. The first-order valence-corrected chi connectivity index (χ1v) is 4.87. The molecule has 1 aromatic rings. The van der Waals surface area contributed by atoms with E-state index in [-0.39, 0.29) is 24.1 Å². The maximum absolute atomic E-state index is 12.8. The molecule has 3 nitrogen and oxygen atoms in total. The number of carbonyl (C=O) groups excluding carboxylic acids is 1. The number of halogens is 2. The van der Waals surface area contributed by atoms with E-state index < -0.39 is 6.04 Å². The Labute approximate surface area is 101 Å². The predicted octanol–water partition coefficient (Wildman–Crippen LogP) is 2.23. The summed E-state index contributed by atoms with van der Waals surface area (Å²) in [5, 5.41) is 2.66. The number of aryl methyl sites for hydroxylation is 1. The van der Waals surface area contributed by atoms with E-state index in [0.29, 0.717) is 17.7 Å². The third-order valence-corrected chi connectivity index (χ3v) is 2.22. The zero-order valence-electron chi connectivity index (χ0n) is 9.29. The molecule has 0 radical (unpaired) electrons. The number of nitrogens with two attached hydrogens (primary N) is 1. The molecule has 5 heteroatoms. The van der Waals surface area contributed by atoms with Gasteiger partial charge in [-0.2, -0.15) is 0 Å². The Kier molecular flexibility index (Phi) is 6.00. The summed E-state index contributed by atoms with van der Waals surface area (Å²) in [6.45, 7) is 3.57. The Morgan fingerprint density at radius 3 is 2.69 bits per heavy atom. The van der Waals surface area contributed by atoms with Crippen LogP contribution in [0.15, 0.2) is 18.2 Å². The zero-order chi connectivity index (χ0) is 11.4. The van der Waals surface area contributed by atoms with Crippen molar-refractivity contribution in [1.29, 1.82) is 0 Å². The minimum Gasteiger partial charge on any atom is -0.324 e. The number of rotatable bonds is 3. The molecule has 0 fully saturated rings. The van der Waals surface area contributed by atoms with E-state index in [1.165, 1.54) is 18.2 Å². The molecule has 16 heavy (non-hydrogen) atoms. The first-order chi connectivity index (χ1) is 7.04. The van der Waals surface area contributed by atoms with Crippen LogP contribution >= 0.6 is 12.4 Å². The van der Waals surface area contributed by atoms with E-state index in [2.05, 4.69) is 5.32 Å². The van der Waals surface area contributed by atoms with Gasteiger partial charge in [0.15, 0.2) is 0 Å². The number of anilines is 1. The van der Waals surface area contributed by atoms with Crippen molar-refractivity contribution in [3.05, 3.63) is 29.6 Å². The summed E-state index contributed by atoms with van der Waals surface area (Å²) in [6.07, 6.45) is 0.575. The molecule has 1 rings (SSSR count). The third kappa shape index (κ3) is 3.79. The molecule has 0 unspecified atom stereocenters. The minimum atomic E-state index is -0.519. The van der Waals surface area contributed by atoms with E-state index in [9.17, 15) is 9.18 Å². The van der Waals surface area contributed by atoms with Crippen molar-refractivity contribution in [1.82, 2.24) is 0 Å².